The molecular weight excluding hydrogens is 592 g/mol. The standard InChI is InChI=1S/C34H36N4O6S/c1-21(2)18-42-26-12-24-13-27(15-26)44-25-6-4-5-22(11-25)19-43-30-16-38(10-9-28(30)36-32(39)17-37(3)33(24)40)34(41)23-7-8-29-31(14-23)45-20-35-29/h4-8,11-15,20-21,28,30H,9-10,16-19H2,1-3H3,(H,36,39)/t28-,30-/m0/s1. The van der Waals surface area contributed by atoms with Crippen LogP contribution in [0.1, 0.15) is 46.5 Å². The Labute approximate surface area is 265 Å². The van der Waals surface area contributed by atoms with E-state index >= 15 is 0 Å². The van der Waals surface area contributed by atoms with E-state index in [2.05, 4.69) is 10.3 Å². The van der Waals surface area contributed by atoms with E-state index in [0.717, 1.165) is 15.8 Å². The van der Waals surface area contributed by atoms with Gasteiger partial charge in [0, 0.05) is 37.3 Å². The molecule has 2 aliphatic heterocycles. The lowest BCUT2D eigenvalue weighted by Crippen LogP contribution is -2.57. The van der Waals surface area contributed by atoms with Crippen molar-refractivity contribution in [2.45, 2.75) is 39.0 Å². The molecular formula is C34H36N4O6S. The molecule has 0 spiro atoms. The van der Waals surface area contributed by atoms with Crippen LogP contribution in [0.3, 0.4) is 0 Å². The highest BCUT2D eigenvalue weighted by atomic mass is 32.1. The minimum Gasteiger partial charge on any atom is -0.493 e. The number of carbonyl (C=O) groups is 3. The topological polar surface area (TPSA) is 110 Å². The quantitative estimate of drug-likeness (QED) is 0.334. The molecule has 0 radical (unpaired) electrons. The van der Waals surface area contributed by atoms with Crippen LogP contribution in [0.25, 0.3) is 10.2 Å². The van der Waals surface area contributed by atoms with Crippen LogP contribution in [0.4, 0.5) is 0 Å². The number of likely N-dealkylation sites (N-methyl/N-ethyl adjacent to an activating group) is 1. The molecule has 1 fully saturated rings. The summed E-state index contributed by atoms with van der Waals surface area (Å²) in [6.45, 7) is 5.44. The highest BCUT2D eigenvalue weighted by Gasteiger charge is 2.34. The van der Waals surface area contributed by atoms with Crippen LogP contribution >= 0.6 is 11.3 Å². The number of aromatic nitrogens is 1. The molecule has 234 valence electrons. The number of fused-ring (bicyclic) bond motifs is 6. The summed E-state index contributed by atoms with van der Waals surface area (Å²) in [6, 6.07) is 17.8. The molecule has 1 aromatic heterocycles. The fourth-order valence-electron chi connectivity index (χ4n) is 5.50. The number of hydrogen-bond donors (Lipinski definition) is 1. The van der Waals surface area contributed by atoms with Crippen LogP contribution in [0.5, 0.6) is 17.2 Å². The Morgan fingerprint density at radius 1 is 1.11 bits per heavy atom. The Morgan fingerprint density at radius 2 is 1.98 bits per heavy atom. The lowest BCUT2D eigenvalue weighted by atomic mass is 10.00. The number of thiazole rings is 1. The molecule has 0 aliphatic carbocycles. The van der Waals surface area contributed by atoms with Crippen LogP contribution in [-0.2, 0) is 16.1 Å². The van der Waals surface area contributed by atoms with Crippen LogP contribution in [-0.4, -0.2) is 77.9 Å². The predicted molar refractivity (Wildman–Crippen MR) is 171 cm³/mol. The summed E-state index contributed by atoms with van der Waals surface area (Å²) >= 11 is 1.49. The Morgan fingerprint density at radius 3 is 2.82 bits per heavy atom. The Balaban J connectivity index is 1.26. The van der Waals surface area contributed by atoms with Gasteiger partial charge in [0.25, 0.3) is 11.8 Å². The zero-order valence-corrected chi connectivity index (χ0v) is 26.3. The van der Waals surface area contributed by atoms with E-state index in [-0.39, 0.29) is 36.9 Å². The van der Waals surface area contributed by atoms with E-state index in [4.69, 9.17) is 14.2 Å². The number of likely N-dealkylation sites (tertiary alicyclic amines) is 1. The summed E-state index contributed by atoms with van der Waals surface area (Å²) in [5, 5.41) is 3.08. The van der Waals surface area contributed by atoms with Crippen molar-refractivity contribution in [3.63, 3.8) is 0 Å². The van der Waals surface area contributed by atoms with Gasteiger partial charge in [0.15, 0.2) is 0 Å². The number of piperidine rings is 1. The third-order valence-electron chi connectivity index (χ3n) is 7.81. The molecule has 11 heteroatoms. The third kappa shape index (κ3) is 7.26. The summed E-state index contributed by atoms with van der Waals surface area (Å²) in [5.41, 5.74) is 4.44. The number of rotatable bonds is 4. The smallest absolute Gasteiger partial charge is 0.254 e. The number of nitrogens with one attached hydrogen (secondary N) is 1. The molecule has 6 rings (SSSR count). The summed E-state index contributed by atoms with van der Waals surface area (Å²) in [6.07, 6.45) is 0.0373. The van der Waals surface area contributed by atoms with E-state index < -0.39 is 6.10 Å². The van der Waals surface area contributed by atoms with Gasteiger partial charge in [-0.05, 0) is 60.4 Å². The second-order valence-electron chi connectivity index (χ2n) is 11.9. The van der Waals surface area contributed by atoms with Crippen LogP contribution in [0.15, 0.2) is 66.2 Å². The molecule has 10 nitrogen and oxygen atoms in total. The first-order valence-electron chi connectivity index (χ1n) is 15.1. The second kappa shape index (κ2) is 13.3. The molecule has 45 heavy (non-hydrogen) atoms. The first-order chi connectivity index (χ1) is 21.7. The van der Waals surface area contributed by atoms with Gasteiger partial charge in [0.2, 0.25) is 5.91 Å². The highest BCUT2D eigenvalue weighted by Crippen LogP contribution is 2.30. The largest absolute Gasteiger partial charge is 0.493 e. The minimum absolute atomic E-state index is 0.0931. The minimum atomic E-state index is -0.467. The van der Waals surface area contributed by atoms with E-state index in [1.807, 2.05) is 50.2 Å². The first kappa shape index (κ1) is 30.5. The van der Waals surface area contributed by atoms with E-state index in [9.17, 15) is 14.4 Å². The number of ether oxygens (including phenoxy) is 3. The molecule has 0 saturated carbocycles. The van der Waals surface area contributed by atoms with Gasteiger partial charge in [-0.3, -0.25) is 14.4 Å². The number of hydrogen-bond acceptors (Lipinski definition) is 8. The summed E-state index contributed by atoms with van der Waals surface area (Å²) in [7, 11) is 1.59. The average Bonchev–Trinajstić information content (AvgIpc) is 3.50. The molecule has 3 heterocycles. The lowest BCUT2D eigenvalue weighted by molar-refractivity contribution is -0.124. The number of carbonyl (C=O) groups excluding carboxylic acids is 3. The van der Waals surface area contributed by atoms with E-state index in [0.29, 0.717) is 60.4 Å². The lowest BCUT2D eigenvalue weighted by Gasteiger charge is -2.39. The van der Waals surface area contributed by atoms with E-state index in [1.165, 1.54) is 16.2 Å². The van der Waals surface area contributed by atoms with Crippen LogP contribution in [0.2, 0.25) is 0 Å². The van der Waals surface area contributed by atoms with Gasteiger partial charge in [-0.25, -0.2) is 4.98 Å². The molecule has 1 N–H and O–H groups in total. The fourth-order valence-corrected chi connectivity index (χ4v) is 6.22. The molecule has 2 atom stereocenters. The zero-order valence-electron chi connectivity index (χ0n) is 25.5. The number of nitrogens with zero attached hydrogens (tertiary/aromatic N) is 3. The van der Waals surface area contributed by atoms with Gasteiger partial charge < -0.3 is 29.3 Å². The van der Waals surface area contributed by atoms with Crippen molar-refractivity contribution in [1.29, 1.82) is 0 Å². The van der Waals surface area contributed by atoms with Crippen molar-refractivity contribution >= 4 is 39.3 Å². The molecule has 0 unspecified atom stereocenters. The average molecular weight is 629 g/mol. The zero-order chi connectivity index (χ0) is 31.5. The van der Waals surface area contributed by atoms with Crippen molar-refractivity contribution in [1.82, 2.24) is 20.1 Å². The maximum atomic E-state index is 13.5. The van der Waals surface area contributed by atoms with Gasteiger partial charge in [-0.2, -0.15) is 0 Å². The summed E-state index contributed by atoms with van der Waals surface area (Å²) in [5.74, 6) is 1.10. The van der Waals surface area contributed by atoms with Gasteiger partial charge in [0.1, 0.15) is 17.2 Å². The van der Waals surface area contributed by atoms with Crippen LogP contribution in [0, 0.1) is 5.92 Å². The number of benzene rings is 3. The maximum Gasteiger partial charge on any atom is 0.254 e. The molecule has 1 saturated heterocycles. The van der Waals surface area contributed by atoms with Crippen LogP contribution < -0.4 is 14.8 Å². The molecule has 2 aliphatic rings. The third-order valence-corrected chi connectivity index (χ3v) is 8.60. The summed E-state index contributed by atoms with van der Waals surface area (Å²) in [4.78, 5) is 47.7. The Bertz CT molecular complexity index is 1720. The van der Waals surface area contributed by atoms with Crippen molar-refractivity contribution in [3.8, 4) is 17.2 Å². The van der Waals surface area contributed by atoms with E-state index in [1.54, 1.807) is 41.7 Å². The SMILES string of the molecule is CC(C)COc1cc2cc(c1)C(=O)N(C)CC(=O)N[C@H]1CCN(C(=O)c3ccc4ncsc4c3)C[C@@H]1OCc1cccc(c1)O2. The molecule has 4 bridgehead atoms. The monoisotopic (exact) mass is 628 g/mol. The molecule has 4 aromatic rings. The van der Waals surface area contributed by atoms with Crippen molar-refractivity contribution in [3.05, 3.63) is 82.9 Å². The maximum absolute atomic E-state index is 13.5. The van der Waals surface area contributed by atoms with Gasteiger partial charge in [-0.15, -0.1) is 11.3 Å². The van der Waals surface area contributed by atoms with Crippen molar-refractivity contribution in [2.24, 2.45) is 5.92 Å². The molecule has 3 aromatic carbocycles. The Kier molecular flexibility index (Phi) is 8.99. The van der Waals surface area contributed by atoms with Gasteiger partial charge >= 0.3 is 0 Å². The Hall–Kier alpha value is -4.48. The highest BCUT2D eigenvalue weighted by molar-refractivity contribution is 7.16. The predicted octanol–water partition coefficient (Wildman–Crippen LogP) is 5.13. The van der Waals surface area contributed by atoms with Crippen molar-refractivity contribution in [2.75, 3.05) is 33.3 Å². The normalized spacial score (nSPS) is 19.2. The van der Waals surface area contributed by atoms with Crippen molar-refractivity contribution < 1.29 is 28.6 Å². The van der Waals surface area contributed by atoms with Gasteiger partial charge in [0.05, 0.1) is 47.6 Å². The number of amides is 3. The van der Waals surface area contributed by atoms with Gasteiger partial charge in [-0.1, -0.05) is 26.0 Å². The first-order valence-corrected chi connectivity index (χ1v) is 15.9. The fraction of sp³-hybridized carbons (Fsp3) is 0.353. The second-order valence-corrected chi connectivity index (χ2v) is 12.8. The summed E-state index contributed by atoms with van der Waals surface area (Å²) < 4.78 is 19.5. The molecule has 3 amide bonds.